The Bertz CT molecular complexity index is 897. The van der Waals surface area contributed by atoms with E-state index in [9.17, 15) is 4.79 Å². The molecule has 0 unspecified atom stereocenters. The number of thiophene rings is 1. The second-order valence-electron chi connectivity index (χ2n) is 5.35. The lowest BCUT2D eigenvalue weighted by Gasteiger charge is -2.18. The number of benzene rings is 1. The molecule has 0 bridgehead atoms. The summed E-state index contributed by atoms with van der Waals surface area (Å²) in [5.41, 5.74) is 0.751. The fourth-order valence-electron chi connectivity index (χ4n) is 2.37. The number of carbonyl (C=O) groups is 1. The zero-order valence-corrected chi connectivity index (χ0v) is 15.3. The molecule has 0 aliphatic carbocycles. The van der Waals surface area contributed by atoms with E-state index in [1.54, 1.807) is 16.0 Å². The maximum atomic E-state index is 12.0. The van der Waals surface area contributed by atoms with E-state index in [0.717, 1.165) is 10.6 Å². The zero-order valence-electron chi connectivity index (χ0n) is 13.6. The average Bonchev–Trinajstić information content (AvgIpc) is 3.36. The van der Waals surface area contributed by atoms with E-state index in [-0.39, 0.29) is 11.7 Å². The highest BCUT2D eigenvalue weighted by Crippen LogP contribution is 2.32. The predicted octanol–water partition coefficient (Wildman–Crippen LogP) is 1.90. The predicted molar refractivity (Wildman–Crippen MR) is 97.0 cm³/mol. The number of thioether (sulfide) groups is 1. The molecular formula is C16H15N5O3S2. The minimum Gasteiger partial charge on any atom is -0.486 e. The zero-order chi connectivity index (χ0) is 17.8. The van der Waals surface area contributed by atoms with Gasteiger partial charge in [-0.05, 0) is 34.0 Å². The fraction of sp³-hybridized carbons (Fsp3) is 0.250. The Morgan fingerprint density at radius 3 is 3.00 bits per heavy atom. The highest BCUT2D eigenvalue weighted by atomic mass is 32.2. The first-order valence-corrected chi connectivity index (χ1v) is 9.76. The standard InChI is InChI=1S/C16H15N5O3S2/c22-15(17-9-12-2-1-7-25-12)10-26-16-18-19-20-21(16)11-3-4-13-14(8-11)24-6-5-23-13/h1-4,7-8H,5-6,9-10H2,(H,17,22). The average molecular weight is 389 g/mol. The van der Waals surface area contributed by atoms with Crippen molar-refractivity contribution in [3.8, 4) is 17.2 Å². The normalized spacial score (nSPS) is 12.8. The van der Waals surface area contributed by atoms with Crippen LogP contribution in [0.2, 0.25) is 0 Å². The molecule has 1 amide bonds. The molecule has 0 saturated heterocycles. The van der Waals surface area contributed by atoms with Crippen LogP contribution in [0.3, 0.4) is 0 Å². The molecule has 0 saturated carbocycles. The molecule has 10 heteroatoms. The fourth-order valence-corrected chi connectivity index (χ4v) is 3.74. The summed E-state index contributed by atoms with van der Waals surface area (Å²) in [5, 5.41) is 17.1. The Morgan fingerprint density at radius 2 is 2.15 bits per heavy atom. The molecule has 0 spiro atoms. The van der Waals surface area contributed by atoms with Gasteiger partial charge >= 0.3 is 0 Å². The number of ether oxygens (including phenoxy) is 2. The third-order valence-electron chi connectivity index (χ3n) is 3.58. The summed E-state index contributed by atoms with van der Waals surface area (Å²) in [6.45, 7) is 1.58. The van der Waals surface area contributed by atoms with Crippen molar-refractivity contribution in [1.29, 1.82) is 0 Å². The van der Waals surface area contributed by atoms with Crippen LogP contribution in [-0.2, 0) is 11.3 Å². The van der Waals surface area contributed by atoms with Crippen molar-refractivity contribution in [3.63, 3.8) is 0 Å². The molecule has 0 fully saturated rings. The molecule has 134 valence electrons. The Morgan fingerprint density at radius 1 is 1.27 bits per heavy atom. The van der Waals surface area contributed by atoms with Crippen LogP contribution < -0.4 is 14.8 Å². The van der Waals surface area contributed by atoms with Crippen LogP contribution in [0.25, 0.3) is 5.69 Å². The minimum absolute atomic E-state index is 0.0693. The van der Waals surface area contributed by atoms with Gasteiger partial charge in [0, 0.05) is 10.9 Å². The maximum absolute atomic E-state index is 12.0. The van der Waals surface area contributed by atoms with Crippen LogP contribution in [0.5, 0.6) is 11.5 Å². The van der Waals surface area contributed by atoms with Gasteiger partial charge in [0.2, 0.25) is 11.1 Å². The van der Waals surface area contributed by atoms with E-state index in [2.05, 4.69) is 20.8 Å². The van der Waals surface area contributed by atoms with Crippen LogP contribution >= 0.6 is 23.1 Å². The number of carbonyl (C=O) groups excluding carboxylic acids is 1. The molecule has 1 aliphatic heterocycles. The first-order chi connectivity index (χ1) is 12.8. The summed E-state index contributed by atoms with van der Waals surface area (Å²) in [6, 6.07) is 9.45. The molecule has 3 heterocycles. The van der Waals surface area contributed by atoms with Crippen molar-refractivity contribution >= 4 is 29.0 Å². The molecule has 2 aromatic heterocycles. The number of aromatic nitrogens is 4. The van der Waals surface area contributed by atoms with Gasteiger partial charge in [-0.25, -0.2) is 0 Å². The third-order valence-corrected chi connectivity index (χ3v) is 5.38. The van der Waals surface area contributed by atoms with E-state index in [4.69, 9.17) is 9.47 Å². The largest absolute Gasteiger partial charge is 0.486 e. The molecule has 4 rings (SSSR count). The molecule has 3 aromatic rings. The van der Waals surface area contributed by atoms with E-state index < -0.39 is 0 Å². The molecule has 0 radical (unpaired) electrons. The summed E-state index contributed by atoms with van der Waals surface area (Å²) in [6.07, 6.45) is 0. The highest BCUT2D eigenvalue weighted by Gasteiger charge is 2.16. The lowest BCUT2D eigenvalue weighted by Crippen LogP contribution is -2.24. The minimum atomic E-state index is -0.0693. The van der Waals surface area contributed by atoms with Crippen LogP contribution in [0.15, 0.2) is 40.9 Å². The second-order valence-corrected chi connectivity index (χ2v) is 7.32. The number of fused-ring (bicyclic) bond motifs is 1. The monoisotopic (exact) mass is 389 g/mol. The van der Waals surface area contributed by atoms with Crippen LogP contribution in [-0.4, -0.2) is 45.1 Å². The van der Waals surface area contributed by atoms with Crippen molar-refractivity contribution in [2.75, 3.05) is 19.0 Å². The van der Waals surface area contributed by atoms with Gasteiger partial charge in [0.05, 0.1) is 18.0 Å². The number of nitrogens with one attached hydrogen (secondary N) is 1. The Labute approximate surface area is 157 Å². The second kappa shape index (κ2) is 7.75. The van der Waals surface area contributed by atoms with Crippen molar-refractivity contribution < 1.29 is 14.3 Å². The Hall–Kier alpha value is -2.59. The van der Waals surface area contributed by atoms with E-state index in [1.807, 2.05) is 35.7 Å². The molecule has 1 N–H and O–H groups in total. The van der Waals surface area contributed by atoms with Crippen molar-refractivity contribution in [3.05, 3.63) is 40.6 Å². The smallest absolute Gasteiger partial charge is 0.230 e. The van der Waals surface area contributed by atoms with Gasteiger partial charge in [-0.3, -0.25) is 4.79 Å². The molecule has 8 nitrogen and oxygen atoms in total. The summed E-state index contributed by atoms with van der Waals surface area (Å²) < 4.78 is 12.7. The number of amides is 1. The molecule has 0 atom stereocenters. The van der Waals surface area contributed by atoms with Crippen LogP contribution in [0.1, 0.15) is 4.88 Å². The number of nitrogens with zero attached hydrogens (tertiary/aromatic N) is 4. The van der Waals surface area contributed by atoms with Crippen LogP contribution in [0.4, 0.5) is 0 Å². The number of hydrogen-bond donors (Lipinski definition) is 1. The van der Waals surface area contributed by atoms with Gasteiger partial charge in [0.15, 0.2) is 11.5 Å². The van der Waals surface area contributed by atoms with E-state index in [0.29, 0.717) is 36.4 Å². The Kier molecular flexibility index (Phi) is 5.02. The van der Waals surface area contributed by atoms with Gasteiger partial charge in [-0.2, -0.15) is 4.68 Å². The van der Waals surface area contributed by atoms with Gasteiger partial charge in [-0.15, -0.1) is 16.4 Å². The number of hydrogen-bond acceptors (Lipinski definition) is 8. The first-order valence-electron chi connectivity index (χ1n) is 7.90. The lowest BCUT2D eigenvalue weighted by molar-refractivity contribution is -0.118. The number of rotatable bonds is 6. The molecular weight excluding hydrogens is 374 g/mol. The maximum Gasteiger partial charge on any atom is 0.230 e. The summed E-state index contributed by atoms with van der Waals surface area (Å²) >= 11 is 2.89. The number of tetrazole rings is 1. The molecule has 1 aromatic carbocycles. The summed E-state index contributed by atoms with van der Waals surface area (Å²) in [5.74, 6) is 1.53. The SMILES string of the molecule is O=C(CSc1nnnn1-c1ccc2c(c1)OCCO2)NCc1cccs1. The van der Waals surface area contributed by atoms with Crippen molar-refractivity contribution in [1.82, 2.24) is 25.5 Å². The van der Waals surface area contributed by atoms with E-state index >= 15 is 0 Å². The topological polar surface area (TPSA) is 91.2 Å². The summed E-state index contributed by atoms with van der Waals surface area (Å²) in [7, 11) is 0. The summed E-state index contributed by atoms with van der Waals surface area (Å²) in [4.78, 5) is 13.1. The first kappa shape index (κ1) is 16.9. The van der Waals surface area contributed by atoms with Crippen LogP contribution in [0, 0.1) is 0 Å². The van der Waals surface area contributed by atoms with Gasteiger partial charge in [-0.1, -0.05) is 17.8 Å². The lowest BCUT2D eigenvalue weighted by atomic mass is 10.2. The molecule has 26 heavy (non-hydrogen) atoms. The van der Waals surface area contributed by atoms with E-state index in [1.165, 1.54) is 11.8 Å². The third kappa shape index (κ3) is 3.81. The van der Waals surface area contributed by atoms with Gasteiger partial charge < -0.3 is 14.8 Å². The highest BCUT2D eigenvalue weighted by molar-refractivity contribution is 7.99. The van der Waals surface area contributed by atoms with Gasteiger partial charge in [0.1, 0.15) is 13.2 Å². The quantitative estimate of drug-likeness (QED) is 0.644. The Balaban J connectivity index is 1.40. The van der Waals surface area contributed by atoms with Gasteiger partial charge in [0.25, 0.3) is 0 Å². The van der Waals surface area contributed by atoms with Crippen molar-refractivity contribution in [2.24, 2.45) is 0 Å². The molecule has 1 aliphatic rings. The van der Waals surface area contributed by atoms with Crippen molar-refractivity contribution in [2.45, 2.75) is 11.7 Å².